The first-order valence-corrected chi connectivity index (χ1v) is 9.64. The number of benzene rings is 2. The SMILES string of the molecule is CCNC(=NCc1ccc(OC)cc1OC)NCC(C)Oc1ccccc1OC. The van der Waals surface area contributed by atoms with E-state index >= 15 is 0 Å². The Morgan fingerprint density at radius 1 is 0.931 bits per heavy atom. The van der Waals surface area contributed by atoms with Crippen LogP contribution in [0, 0.1) is 0 Å². The Hall–Kier alpha value is -3.09. The van der Waals surface area contributed by atoms with E-state index in [1.807, 2.05) is 56.3 Å². The van der Waals surface area contributed by atoms with Crippen molar-refractivity contribution >= 4 is 5.96 Å². The zero-order valence-corrected chi connectivity index (χ0v) is 17.8. The van der Waals surface area contributed by atoms with Gasteiger partial charge < -0.3 is 29.6 Å². The minimum atomic E-state index is -0.0781. The molecule has 0 aliphatic carbocycles. The molecule has 0 heterocycles. The molecule has 0 spiro atoms. The Bertz CT molecular complexity index is 795. The summed E-state index contributed by atoms with van der Waals surface area (Å²) in [5.74, 6) is 3.64. The van der Waals surface area contributed by atoms with Gasteiger partial charge in [-0.2, -0.15) is 0 Å². The topological polar surface area (TPSA) is 73.3 Å². The van der Waals surface area contributed by atoms with Gasteiger partial charge >= 0.3 is 0 Å². The molecule has 1 unspecified atom stereocenters. The van der Waals surface area contributed by atoms with Gasteiger partial charge in [0.05, 0.1) is 34.4 Å². The van der Waals surface area contributed by atoms with E-state index in [4.69, 9.17) is 18.9 Å². The lowest BCUT2D eigenvalue weighted by atomic mass is 10.2. The van der Waals surface area contributed by atoms with Gasteiger partial charge in [0.2, 0.25) is 0 Å². The summed E-state index contributed by atoms with van der Waals surface area (Å²) in [5.41, 5.74) is 0.976. The third-order valence-electron chi connectivity index (χ3n) is 4.20. The smallest absolute Gasteiger partial charge is 0.191 e. The van der Waals surface area contributed by atoms with Crippen molar-refractivity contribution in [3.05, 3.63) is 48.0 Å². The lowest BCUT2D eigenvalue weighted by Gasteiger charge is -2.19. The van der Waals surface area contributed by atoms with Crippen molar-refractivity contribution in [2.24, 2.45) is 4.99 Å². The predicted octanol–water partition coefficient (Wildman–Crippen LogP) is 3.24. The zero-order valence-electron chi connectivity index (χ0n) is 17.8. The third kappa shape index (κ3) is 6.78. The molecule has 7 heteroatoms. The number of hydrogen-bond acceptors (Lipinski definition) is 5. The maximum atomic E-state index is 5.99. The minimum absolute atomic E-state index is 0.0781. The fourth-order valence-corrected chi connectivity index (χ4v) is 2.70. The quantitative estimate of drug-likeness (QED) is 0.470. The van der Waals surface area contributed by atoms with Gasteiger partial charge in [0, 0.05) is 18.2 Å². The molecule has 0 amide bonds. The van der Waals surface area contributed by atoms with E-state index in [0.717, 1.165) is 23.6 Å². The molecule has 0 aliphatic heterocycles. The Balaban J connectivity index is 1.98. The van der Waals surface area contributed by atoms with E-state index in [1.54, 1.807) is 21.3 Å². The molecule has 7 nitrogen and oxygen atoms in total. The van der Waals surface area contributed by atoms with Crippen LogP contribution in [0.1, 0.15) is 19.4 Å². The molecule has 158 valence electrons. The lowest BCUT2D eigenvalue weighted by Crippen LogP contribution is -2.41. The van der Waals surface area contributed by atoms with Crippen molar-refractivity contribution in [3.63, 3.8) is 0 Å². The van der Waals surface area contributed by atoms with E-state index in [1.165, 1.54) is 0 Å². The summed E-state index contributed by atoms with van der Waals surface area (Å²) in [5, 5.41) is 6.56. The number of nitrogens with one attached hydrogen (secondary N) is 2. The average Bonchev–Trinajstić information content (AvgIpc) is 2.75. The third-order valence-corrected chi connectivity index (χ3v) is 4.20. The van der Waals surface area contributed by atoms with Gasteiger partial charge in [-0.05, 0) is 38.1 Å². The summed E-state index contributed by atoms with van der Waals surface area (Å²) in [6.07, 6.45) is -0.0781. The van der Waals surface area contributed by atoms with E-state index < -0.39 is 0 Å². The van der Waals surface area contributed by atoms with E-state index in [-0.39, 0.29) is 6.10 Å². The molecule has 0 fully saturated rings. The molecule has 0 saturated heterocycles. The van der Waals surface area contributed by atoms with Crippen LogP contribution in [0.5, 0.6) is 23.0 Å². The maximum absolute atomic E-state index is 5.99. The molecule has 1 atom stereocenters. The average molecular weight is 402 g/mol. The molecular weight excluding hydrogens is 370 g/mol. The molecule has 29 heavy (non-hydrogen) atoms. The van der Waals surface area contributed by atoms with Gasteiger partial charge in [0.25, 0.3) is 0 Å². The van der Waals surface area contributed by atoms with Gasteiger partial charge in [-0.3, -0.25) is 0 Å². The van der Waals surface area contributed by atoms with Gasteiger partial charge in [0.1, 0.15) is 17.6 Å². The van der Waals surface area contributed by atoms with Crippen LogP contribution in [-0.2, 0) is 6.54 Å². The summed E-state index contributed by atoms with van der Waals surface area (Å²) in [6, 6.07) is 13.3. The number of ether oxygens (including phenoxy) is 4. The Morgan fingerprint density at radius 3 is 2.31 bits per heavy atom. The molecule has 0 aliphatic rings. The van der Waals surface area contributed by atoms with Crippen LogP contribution in [0.4, 0.5) is 0 Å². The van der Waals surface area contributed by atoms with Crippen LogP contribution >= 0.6 is 0 Å². The summed E-state index contributed by atoms with van der Waals surface area (Å²) in [7, 11) is 4.91. The highest BCUT2D eigenvalue weighted by Crippen LogP contribution is 2.27. The van der Waals surface area contributed by atoms with Crippen molar-refractivity contribution in [1.82, 2.24) is 10.6 Å². The Morgan fingerprint density at radius 2 is 1.66 bits per heavy atom. The van der Waals surface area contributed by atoms with E-state index in [9.17, 15) is 0 Å². The van der Waals surface area contributed by atoms with Crippen molar-refractivity contribution < 1.29 is 18.9 Å². The molecule has 0 bridgehead atoms. The van der Waals surface area contributed by atoms with Crippen molar-refractivity contribution in [2.75, 3.05) is 34.4 Å². The van der Waals surface area contributed by atoms with Crippen LogP contribution in [-0.4, -0.2) is 46.5 Å². The number of para-hydroxylation sites is 2. The molecule has 2 aromatic rings. The standard InChI is InChI=1S/C22H31N3O4/c1-6-23-22(25-15-17-11-12-18(26-3)13-21(17)28-5)24-14-16(2)29-20-10-8-7-9-19(20)27-4/h7-13,16H,6,14-15H2,1-5H3,(H2,23,24,25). The molecule has 2 rings (SSSR count). The molecular formula is C22H31N3O4. The summed E-state index contributed by atoms with van der Waals surface area (Å²) in [6.45, 7) is 5.84. The largest absolute Gasteiger partial charge is 0.497 e. The van der Waals surface area contributed by atoms with Crippen LogP contribution in [0.25, 0.3) is 0 Å². The van der Waals surface area contributed by atoms with Crippen LogP contribution in [0.2, 0.25) is 0 Å². The maximum Gasteiger partial charge on any atom is 0.191 e. The van der Waals surface area contributed by atoms with Crippen molar-refractivity contribution in [2.45, 2.75) is 26.5 Å². The van der Waals surface area contributed by atoms with Crippen LogP contribution < -0.4 is 29.6 Å². The zero-order chi connectivity index (χ0) is 21.1. The molecule has 0 aromatic heterocycles. The van der Waals surface area contributed by atoms with Crippen LogP contribution in [0.3, 0.4) is 0 Å². The molecule has 2 aromatic carbocycles. The van der Waals surface area contributed by atoms with Gasteiger partial charge in [-0.1, -0.05) is 12.1 Å². The fourth-order valence-electron chi connectivity index (χ4n) is 2.70. The minimum Gasteiger partial charge on any atom is -0.497 e. The van der Waals surface area contributed by atoms with Crippen LogP contribution in [0.15, 0.2) is 47.5 Å². The van der Waals surface area contributed by atoms with Crippen molar-refractivity contribution in [1.29, 1.82) is 0 Å². The van der Waals surface area contributed by atoms with Crippen molar-refractivity contribution in [3.8, 4) is 23.0 Å². The first-order chi connectivity index (χ1) is 14.1. The second-order valence-corrected chi connectivity index (χ2v) is 6.33. The number of guanidine groups is 1. The lowest BCUT2D eigenvalue weighted by molar-refractivity contribution is 0.213. The van der Waals surface area contributed by atoms with Gasteiger partial charge in [-0.25, -0.2) is 4.99 Å². The second kappa shape index (κ2) is 11.7. The fraction of sp³-hybridized carbons (Fsp3) is 0.409. The first-order valence-electron chi connectivity index (χ1n) is 9.64. The summed E-state index contributed by atoms with van der Waals surface area (Å²) >= 11 is 0. The Labute approximate surface area is 173 Å². The molecule has 0 radical (unpaired) electrons. The highest BCUT2D eigenvalue weighted by atomic mass is 16.5. The monoisotopic (exact) mass is 401 g/mol. The Kier molecular flexibility index (Phi) is 8.95. The van der Waals surface area contributed by atoms with E-state index in [0.29, 0.717) is 30.5 Å². The summed E-state index contributed by atoms with van der Waals surface area (Å²) < 4.78 is 22.0. The highest BCUT2D eigenvalue weighted by molar-refractivity contribution is 5.79. The predicted molar refractivity (Wildman–Crippen MR) is 115 cm³/mol. The first kappa shape index (κ1) is 22.2. The molecule has 0 saturated carbocycles. The number of rotatable bonds is 10. The second-order valence-electron chi connectivity index (χ2n) is 6.33. The van der Waals surface area contributed by atoms with E-state index in [2.05, 4.69) is 15.6 Å². The van der Waals surface area contributed by atoms with Gasteiger partial charge in [-0.15, -0.1) is 0 Å². The highest BCUT2D eigenvalue weighted by Gasteiger charge is 2.10. The number of nitrogens with zero attached hydrogens (tertiary/aromatic N) is 1. The normalized spacial score (nSPS) is 12.1. The number of hydrogen-bond donors (Lipinski definition) is 2. The number of methoxy groups -OCH3 is 3. The molecule has 2 N–H and O–H groups in total. The van der Waals surface area contributed by atoms with Gasteiger partial charge in [0.15, 0.2) is 17.5 Å². The summed E-state index contributed by atoms with van der Waals surface area (Å²) in [4.78, 5) is 4.65. The number of aliphatic imine (C=N–C) groups is 1.